The van der Waals surface area contributed by atoms with Crippen molar-refractivity contribution in [3.8, 4) is 6.07 Å². The van der Waals surface area contributed by atoms with E-state index in [-0.39, 0.29) is 33.8 Å². The number of ether oxygens (including phenoxy) is 1. The van der Waals surface area contributed by atoms with Crippen LogP contribution in [0, 0.1) is 11.3 Å². The zero-order valence-electron chi connectivity index (χ0n) is 13.0. The van der Waals surface area contributed by atoms with Gasteiger partial charge in [0, 0.05) is 10.3 Å². The van der Waals surface area contributed by atoms with E-state index in [9.17, 15) is 18.0 Å². The molecule has 2 rings (SSSR count). The van der Waals surface area contributed by atoms with Gasteiger partial charge < -0.3 is 10.1 Å². The van der Waals surface area contributed by atoms with Gasteiger partial charge in [-0.1, -0.05) is 11.6 Å². The van der Waals surface area contributed by atoms with Crippen LogP contribution in [0.4, 0.5) is 5.69 Å². The van der Waals surface area contributed by atoms with Crippen molar-refractivity contribution in [2.45, 2.75) is 11.7 Å². The van der Waals surface area contributed by atoms with E-state index in [4.69, 9.17) is 21.6 Å². The molecule has 0 unspecified atom stereocenters. The van der Waals surface area contributed by atoms with Crippen LogP contribution in [-0.2, 0) is 24.2 Å². The summed E-state index contributed by atoms with van der Waals surface area (Å²) < 4.78 is 27.5. The molecule has 1 aromatic carbocycles. The number of sulfone groups is 1. The predicted octanol–water partition coefficient (Wildman–Crippen LogP) is 1.61. The average molecular weight is 403 g/mol. The molecule has 1 saturated heterocycles. The van der Waals surface area contributed by atoms with Crippen molar-refractivity contribution >= 4 is 50.8 Å². The smallest absolute Gasteiger partial charge is 0.316 e. The number of nitrogens with zero attached hydrogens (tertiary/aromatic N) is 1. The van der Waals surface area contributed by atoms with E-state index in [0.717, 1.165) is 0 Å². The second-order valence-corrected chi connectivity index (χ2v) is 9.30. The van der Waals surface area contributed by atoms with Gasteiger partial charge in [-0.15, -0.1) is 11.8 Å². The number of anilines is 1. The van der Waals surface area contributed by atoms with Crippen LogP contribution in [0.15, 0.2) is 18.2 Å². The Morgan fingerprint density at radius 2 is 2.20 bits per heavy atom. The minimum atomic E-state index is -2.99. The van der Waals surface area contributed by atoms with Gasteiger partial charge in [0.25, 0.3) is 5.91 Å². The Kier molecular flexibility index (Phi) is 6.70. The summed E-state index contributed by atoms with van der Waals surface area (Å²) in [4.78, 5) is 23.5. The summed E-state index contributed by atoms with van der Waals surface area (Å²) in [5.41, 5.74) is 0.476. The number of esters is 1. The lowest BCUT2D eigenvalue weighted by Gasteiger charge is -2.09. The van der Waals surface area contributed by atoms with Crippen molar-refractivity contribution in [2.75, 3.05) is 29.2 Å². The van der Waals surface area contributed by atoms with Gasteiger partial charge in [0.1, 0.15) is 6.07 Å². The highest BCUT2D eigenvalue weighted by molar-refractivity contribution is 8.02. The van der Waals surface area contributed by atoms with Crippen molar-refractivity contribution < 1.29 is 22.7 Å². The first-order chi connectivity index (χ1) is 11.8. The van der Waals surface area contributed by atoms with E-state index < -0.39 is 28.3 Å². The first kappa shape index (κ1) is 19.6. The van der Waals surface area contributed by atoms with Crippen LogP contribution < -0.4 is 5.32 Å². The molecule has 7 nitrogen and oxygen atoms in total. The minimum absolute atomic E-state index is 0.0198. The number of thioether (sulfide) groups is 1. The van der Waals surface area contributed by atoms with Crippen molar-refractivity contribution in [2.24, 2.45) is 0 Å². The summed E-state index contributed by atoms with van der Waals surface area (Å²) in [7, 11) is -2.99. The van der Waals surface area contributed by atoms with Gasteiger partial charge in [-0.25, -0.2) is 8.42 Å². The third-order valence-corrected chi connectivity index (χ3v) is 6.86. The molecule has 1 heterocycles. The highest BCUT2D eigenvalue weighted by Crippen LogP contribution is 2.24. The molecule has 0 aliphatic carbocycles. The molecule has 0 radical (unpaired) electrons. The fourth-order valence-electron chi connectivity index (χ4n) is 2.17. The molecule has 0 aromatic heterocycles. The highest BCUT2D eigenvalue weighted by atomic mass is 35.5. The first-order valence-electron chi connectivity index (χ1n) is 7.26. The maximum absolute atomic E-state index is 11.8. The van der Waals surface area contributed by atoms with Crippen LogP contribution in [0.2, 0.25) is 5.02 Å². The van der Waals surface area contributed by atoms with E-state index >= 15 is 0 Å². The Bertz CT molecular complexity index is 820. The summed E-state index contributed by atoms with van der Waals surface area (Å²) in [6.45, 7) is -0.500. The monoisotopic (exact) mass is 402 g/mol. The molecule has 1 aliphatic heterocycles. The summed E-state index contributed by atoms with van der Waals surface area (Å²) in [5, 5.41) is 11.7. The lowest BCUT2D eigenvalue weighted by Crippen LogP contribution is -2.22. The molecule has 25 heavy (non-hydrogen) atoms. The number of hydrogen-bond acceptors (Lipinski definition) is 7. The number of amides is 1. The Hall–Kier alpha value is -1.76. The van der Waals surface area contributed by atoms with E-state index in [2.05, 4.69) is 5.32 Å². The summed E-state index contributed by atoms with van der Waals surface area (Å²) in [6.07, 6.45) is 0.520. The number of halogens is 1. The van der Waals surface area contributed by atoms with E-state index in [1.807, 2.05) is 6.07 Å². The number of nitrogens with one attached hydrogen (secondary N) is 1. The topological polar surface area (TPSA) is 113 Å². The number of hydrogen-bond donors (Lipinski definition) is 1. The van der Waals surface area contributed by atoms with Crippen LogP contribution in [-0.4, -0.2) is 49.4 Å². The van der Waals surface area contributed by atoms with Crippen LogP contribution >= 0.6 is 23.4 Å². The summed E-state index contributed by atoms with van der Waals surface area (Å²) in [5.74, 6) is -1.01. The zero-order chi connectivity index (χ0) is 18.4. The van der Waals surface area contributed by atoms with Crippen LogP contribution in [0.3, 0.4) is 0 Å². The molecule has 134 valence electrons. The molecule has 1 aliphatic rings. The lowest BCUT2D eigenvalue weighted by molar-refractivity contribution is -0.144. The Morgan fingerprint density at radius 1 is 1.44 bits per heavy atom. The lowest BCUT2D eigenvalue weighted by atomic mass is 10.2. The SMILES string of the molecule is N#Cc1ccc(Cl)cc1NC(=O)COC(=O)CS[C@H]1CCS(=O)(=O)C1. The van der Waals surface area contributed by atoms with E-state index in [1.54, 1.807) is 0 Å². The van der Waals surface area contributed by atoms with E-state index in [0.29, 0.717) is 11.4 Å². The molecule has 1 fully saturated rings. The van der Waals surface area contributed by atoms with Gasteiger partial charge in [-0.2, -0.15) is 5.26 Å². The van der Waals surface area contributed by atoms with Gasteiger partial charge in [0.05, 0.1) is 28.5 Å². The van der Waals surface area contributed by atoms with Crippen molar-refractivity contribution in [1.82, 2.24) is 0 Å². The second kappa shape index (κ2) is 8.56. The molecule has 1 atom stereocenters. The fraction of sp³-hybridized carbons (Fsp3) is 0.400. The maximum atomic E-state index is 11.8. The van der Waals surface area contributed by atoms with Gasteiger partial charge in [0.15, 0.2) is 16.4 Å². The first-order valence-corrected chi connectivity index (χ1v) is 10.5. The molecule has 0 spiro atoms. The molecular formula is C15H15ClN2O5S2. The van der Waals surface area contributed by atoms with Gasteiger partial charge in [-0.3, -0.25) is 9.59 Å². The van der Waals surface area contributed by atoms with Gasteiger partial charge >= 0.3 is 5.97 Å². The standard InChI is InChI=1S/C15H15ClN2O5S2/c16-11-2-1-10(6-17)13(5-11)18-14(19)7-23-15(20)8-24-12-3-4-25(21,22)9-12/h1-2,5,12H,3-4,7-9H2,(H,18,19)/t12-/m0/s1. The number of benzene rings is 1. The van der Waals surface area contributed by atoms with Gasteiger partial charge in [-0.05, 0) is 24.6 Å². The van der Waals surface area contributed by atoms with Crippen molar-refractivity contribution in [3.05, 3.63) is 28.8 Å². The fourth-order valence-corrected chi connectivity index (χ4v) is 5.78. The van der Waals surface area contributed by atoms with Crippen LogP contribution in [0.1, 0.15) is 12.0 Å². The Labute approximate surface area is 154 Å². The predicted molar refractivity (Wildman–Crippen MR) is 95.3 cm³/mol. The normalized spacial score (nSPS) is 18.3. The molecule has 0 saturated carbocycles. The third kappa shape index (κ3) is 6.23. The van der Waals surface area contributed by atoms with Crippen LogP contribution in [0.25, 0.3) is 0 Å². The summed E-state index contributed by atoms with van der Waals surface area (Å²) >= 11 is 7.03. The largest absolute Gasteiger partial charge is 0.455 e. The Morgan fingerprint density at radius 3 is 2.84 bits per heavy atom. The number of carbonyl (C=O) groups is 2. The van der Waals surface area contributed by atoms with Crippen molar-refractivity contribution in [1.29, 1.82) is 5.26 Å². The zero-order valence-corrected chi connectivity index (χ0v) is 15.4. The van der Waals surface area contributed by atoms with E-state index in [1.165, 1.54) is 30.0 Å². The molecular weight excluding hydrogens is 388 g/mol. The molecule has 10 heteroatoms. The third-order valence-electron chi connectivity index (χ3n) is 3.37. The number of carbonyl (C=O) groups excluding carboxylic acids is 2. The maximum Gasteiger partial charge on any atom is 0.316 e. The number of nitriles is 1. The van der Waals surface area contributed by atoms with Crippen LogP contribution in [0.5, 0.6) is 0 Å². The molecule has 1 N–H and O–H groups in total. The molecule has 1 amide bonds. The van der Waals surface area contributed by atoms with Gasteiger partial charge in [0.2, 0.25) is 0 Å². The Balaban J connectivity index is 1.76. The minimum Gasteiger partial charge on any atom is -0.455 e. The molecule has 1 aromatic rings. The number of rotatable bonds is 6. The summed E-state index contributed by atoms with van der Waals surface area (Å²) in [6, 6.07) is 6.34. The van der Waals surface area contributed by atoms with Crippen molar-refractivity contribution in [3.63, 3.8) is 0 Å². The highest BCUT2D eigenvalue weighted by Gasteiger charge is 2.28. The quantitative estimate of drug-likeness (QED) is 0.719. The molecule has 0 bridgehead atoms. The second-order valence-electron chi connectivity index (χ2n) is 5.35. The average Bonchev–Trinajstić information content (AvgIpc) is 2.90.